The van der Waals surface area contributed by atoms with Crippen LogP contribution >= 0.6 is 0 Å². The van der Waals surface area contributed by atoms with E-state index >= 15 is 0 Å². The summed E-state index contributed by atoms with van der Waals surface area (Å²) in [5, 5.41) is 7.95. The molecule has 2 aromatic heterocycles. The summed E-state index contributed by atoms with van der Waals surface area (Å²) < 4.78 is 14.0. The van der Waals surface area contributed by atoms with E-state index in [1.165, 1.54) is 12.8 Å². The average molecular weight is 374 g/mol. The molecule has 3 aliphatic rings. The van der Waals surface area contributed by atoms with Crippen molar-refractivity contribution in [3.8, 4) is 28.6 Å². The Morgan fingerprint density at radius 1 is 1.07 bits per heavy atom. The lowest BCUT2D eigenvalue weighted by atomic mass is 9.98. The predicted molar refractivity (Wildman–Crippen MR) is 105 cm³/mol. The van der Waals surface area contributed by atoms with Crippen LogP contribution in [0.3, 0.4) is 0 Å². The van der Waals surface area contributed by atoms with Gasteiger partial charge in [0.2, 0.25) is 11.8 Å². The van der Waals surface area contributed by atoms with Gasteiger partial charge in [-0.2, -0.15) is 10.1 Å². The number of benzene rings is 1. The lowest BCUT2D eigenvalue weighted by Crippen LogP contribution is -2.42. The fourth-order valence-electron chi connectivity index (χ4n) is 4.75. The second-order valence-electron chi connectivity index (χ2n) is 7.93. The SMILES string of the molecule is c1cnn(-c2ccc3c(c2)COc2nc(O[C@@H]4C[C@H]5CC[C@@H](C4)N5)ccc2-3)c1. The Morgan fingerprint density at radius 3 is 2.75 bits per heavy atom. The minimum absolute atomic E-state index is 0.247. The maximum atomic E-state index is 6.22. The minimum Gasteiger partial charge on any atom is -0.474 e. The van der Waals surface area contributed by atoms with Crippen molar-refractivity contribution in [2.24, 2.45) is 0 Å². The van der Waals surface area contributed by atoms with Gasteiger partial charge in [-0.05, 0) is 61.1 Å². The lowest BCUT2D eigenvalue weighted by molar-refractivity contribution is 0.130. The zero-order valence-corrected chi connectivity index (χ0v) is 15.5. The van der Waals surface area contributed by atoms with Crippen molar-refractivity contribution in [3.63, 3.8) is 0 Å². The van der Waals surface area contributed by atoms with E-state index in [-0.39, 0.29) is 6.10 Å². The minimum atomic E-state index is 0.247. The molecule has 2 saturated heterocycles. The van der Waals surface area contributed by atoms with Crippen LogP contribution in [-0.2, 0) is 6.61 Å². The second-order valence-corrected chi connectivity index (χ2v) is 7.93. The molecule has 1 aromatic carbocycles. The summed E-state index contributed by atoms with van der Waals surface area (Å²) >= 11 is 0. The van der Waals surface area contributed by atoms with Crippen LogP contribution in [0.1, 0.15) is 31.2 Å². The van der Waals surface area contributed by atoms with E-state index in [1.54, 1.807) is 6.20 Å². The van der Waals surface area contributed by atoms with E-state index in [0.717, 1.165) is 35.2 Å². The average Bonchev–Trinajstić information content (AvgIpc) is 3.37. The Balaban J connectivity index is 1.26. The summed E-state index contributed by atoms with van der Waals surface area (Å²) in [6.07, 6.45) is 8.63. The van der Waals surface area contributed by atoms with Crippen LogP contribution in [0.2, 0.25) is 0 Å². The quantitative estimate of drug-likeness (QED) is 0.760. The number of nitrogens with zero attached hydrogens (tertiary/aromatic N) is 3. The number of pyridine rings is 1. The molecule has 0 unspecified atom stereocenters. The molecule has 6 rings (SSSR count). The first kappa shape index (κ1) is 16.1. The maximum Gasteiger partial charge on any atom is 0.225 e. The maximum absolute atomic E-state index is 6.22. The Bertz CT molecular complexity index is 1010. The smallest absolute Gasteiger partial charge is 0.225 e. The number of aromatic nitrogens is 3. The third kappa shape index (κ3) is 2.76. The molecule has 3 aliphatic heterocycles. The van der Waals surface area contributed by atoms with Crippen molar-refractivity contribution >= 4 is 0 Å². The van der Waals surface area contributed by atoms with E-state index in [9.17, 15) is 0 Å². The van der Waals surface area contributed by atoms with Gasteiger partial charge in [0.25, 0.3) is 0 Å². The van der Waals surface area contributed by atoms with Crippen LogP contribution in [0, 0.1) is 0 Å². The Hall–Kier alpha value is -2.86. The van der Waals surface area contributed by atoms with Gasteiger partial charge in [-0.25, -0.2) is 4.68 Å². The highest BCUT2D eigenvalue weighted by molar-refractivity contribution is 5.74. The molecule has 5 heterocycles. The van der Waals surface area contributed by atoms with Crippen molar-refractivity contribution in [2.75, 3.05) is 0 Å². The molecule has 28 heavy (non-hydrogen) atoms. The van der Waals surface area contributed by atoms with E-state index in [2.05, 4.69) is 39.7 Å². The van der Waals surface area contributed by atoms with Crippen LogP contribution in [-0.4, -0.2) is 33.0 Å². The second kappa shape index (κ2) is 6.34. The third-order valence-electron chi connectivity index (χ3n) is 6.06. The molecule has 0 aliphatic carbocycles. The molecule has 6 heteroatoms. The van der Waals surface area contributed by atoms with Crippen molar-refractivity contribution < 1.29 is 9.47 Å². The Morgan fingerprint density at radius 2 is 1.93 bits per heavy atom. The van der Waals surface area contributed by atoms with E-state index in [1.807, 2.05) is 23.0 Å². The number of nitrogens with one attached hydrogen (secondary N) is 1. The normalized spacial score (nSPS) is 24.9. The Kier molecular flexibility index (Phi) is 3.65. The number of fused-ring (bicyclic) bond motifs is 5. The van der Waals surface area contributed by atoms with E-state index in [0.29, 0.717) is 30.5 Å². The van der Waals surface area contributed by atoms with Crippen molar-refractivity contribution in [1.29, 1.82) is 0 Å². The van der Waals surface area contributed by atoms with Gasteiger partial charge >= 0.3 is 0 Å². The first-order valence-corrected chi connectivity index (χ1v) is 10.0. The van der Waals surface area contributed by atoms with Crippen LogP contribution in [0.5, 0.6) is 11.8 Å². The van der Waals surface area contributed by atoms with Crippen LogP contribution in [0.4, 0.5) is 0 Å². The fraction of sp³-hybridized carbons (Fsp3) is 0.364. The number of ether oxygens (including phenoxy) is 2. The molecule has 3 atom stereocenters. The summed E-state index contributed by atoms with van der Waals surface area (Å²) in [6.45, 7) is 0.505. The molecule has 0 spiro atoms. The van der Waals surface area contributed by atoms with Gasteiger partial charge in [0.15, 0.2) is 0 Å². The topological polar surface area (TPSA) is 61.2 Å². The predicted octanol–water partition coefficient (Wildman–Crippen LogP) is 3.49. The zero-order valence-electron chi connectivity index (χ0n) is 15.5. The number of hydrogen-bond acceptors (Lipinski definition) is 5. The van der Waals surface area contributed by atoms with Gasteiger partial charge in [0.05, 0.1) is 5.69 Å². The summed E-state index contributed by atoms with van der Waals surface area (Å²) in [5.74, 6) is 1.33. The fourth-order valence-corrected chi connectivity index (χ4v) is 4.75. The summed E-state index contributed by atoms with van der Waals surface area (Å²) in [6, 6.07) is 13.5. The summed E-state index contributed by atoms with van der Waals surface area (Å²) in [4.78, 5) is 4.67. The van der Waals surface area contributed by atoms with Gasteiger partial charge in [-0.3, -0.25) is 0 Å². The van der Waals surface area contributed by atoms with Crippen molar-refractivity contribution in [1.82, 2.24) is 20.1 Å². The number of rotatable bonds is 3. The van der Waals surface area contributed by atoms with Crippen molar-refractivity contribution in [2.45, 2.75) is 50.5 Å². The van der Waals surface area contributed by atoms with Crippen LogP contribution in [0.15, 0.2) is 48.8 Å². The molecule has 2 fully saturated rings. The molecule has 0 saturated carbocycles. The standard InChI is InChI=1S/C22H22N4O2/c1-8-23-26(9-1)17-4-5-19-14(10-17)13-27-22-20(19)6-7-21(25-22)28-18-11-15-2-3-16(12-18)24-15/h1,4-10,15-16,18,24H,2-3,11-13H2/t15-,16+,18-. The molecule has 0 radical (unpaired) electrons. The number of hydrogen-bond donors (Lipinski definition) is 1. The first-order valence-electron chi connectivity index (χ1n) is 10.0. The highest BCUT2D eigenvalue weighted by atomic mass is 16.5. The highest BCUT2D eigenvalue weighted by Gasteiger charge is 2.34. The van der Waals surface area contributed by atoms with Gasteiger partial charge in [-0.15, -0.1) is 0 Å². The molecule has 6 nitrogen and oxygen atoms in total. The van der Waals surface area contributed by atoms with Gasteiger partial charge < -0.3 is 14.8 Å². The third-order valence-corrected chi connectivity index (χ3v) is 6.06. The van der Waals surface area contributed by atoms with Crippen LogP contribution in [0.25, 0.3) is 16.8 Å². The molecular formula is C22H22N4O2. The van der Waals surface area contributed by atoms with E-state index in [4.69, 9.17) is 9.47 Å². The molecule has 3 aromatic rings. The molecule has 2 bridgehead atoms. The van der Waals surface area contributed by atoms with Gasteiger partial charge in [-0.1, -0.05) is 6.07 Å². The monoisotopic (exact) mass is 374 g/mol. The Labute approximate surface area is 163 Å². The largest absolute Gasteiger partial charge is 0.474 e. The molecular weight excluding hydrogens is 352 g/mol. The zero-order chi connectivity index (χ0) is 18.5. The first-order chi connectivity index (χ1) is 13.8. The highest BCUT2D eigenvalue weighted by Crippen LogP contribution is 2.38. The summed E-state index contributed by atoms with van der Waals surface area (Å²) in [7, 11) is 0. The van der Waals surface area contributed by atoms with Crippen molar-refractivity contribution in [3.05, 3.63) is 54.4 Å². The lowest BCUT2D eigenvalue weighted by Gasteiger charge is -2.29. The van der Waals surface area contributed by atoms with Gasteiger partial charge in [0.1, 0.15) is 12.7 Å². The summed E-state index contributed by atoms with van der Waals surface area (Å²) in [5.41, 5.74) is 4.36. The van der Waals surface area contributed by atoms with E-state index < -0.39 is 0 Å². The number of piperidine rings is 1. The molecule has 142 valence electrons. The molecule has 1 N–H and O–H groups in total. The molecule has 0 amide bonds. The van der Waals surface area contributed by atoms with Crippen LogP contribution < -0.4 is 14.8 Å². The van der Waals surface area contributed by atoms with Gasteiger partial charge in [0, 0.05) is 36.1 Å².